The van der Waals surface area contributed by atoms with E-state index in [4.69, 9.17) is 5.11 Å². The number of thioether (sulfide) groups is 1. The molecular weight excluding hydrogens is 288 g/mol. The maximum absolute atomic E-state index is 12.2. The molecule has 0 bridgehead atoms. The molecule has 1 aromatic carbocycles. The van der Waals surface area contributed by atoms with Crippen molar-refractivity contribution in [2.75, 3.05) is 12.4 Å². The van der Waals surface area contributed by atoms with Gasteiger partial charge in [0.05, 0.1) is 12.6 Å². The molecule has 0 saturated heterocycles. The molecule has 0 radical (unpaired) electrons. The third-order valence-electron chi connectivity index (χ3n) is 2.96. The van der Waals surface area contributed by atoms with Crippen LogP contribution in [0.25, 0.3) is 0 Å². The number of hydrogen-bond acceptors (Lipinski definition) is 5. The van der Waals surface area contributed by atoms with E-state index in [1.54, 1.807) is 34.8 Å². The van der Waals surface area contributed by atoms with Gasteiger partial charge in [-0.3, -0.25) is 4.79 Å². The molecule has 0 unspecified atom stereocenters. The lowest BCUT2D eigenvalue weighted by Gasteiger charge is -2.13. The quantitative estimate of drug-likeness (QED) is 0.788. The molecule has 2 aromatic rings. The number of nitrogens with zero attached hydrogens (tertiary/aromatic N) is 3. The van der Waals surface area contributed by atoms with Crippen LogP contribution in [0.3, 0.4) is 0 Å². The number of carbonyl (C=O) groups is 1. The normalized spacial score (nSPS) is 12.1. The van der Waals surface area contributed by atoms with Crippen molar-refractivity contribution in [1.82, 2.24) is 20.1 Å². The summed E-state index contributed by atoms with van der Waals surface area (Å²) in [5.41, 5.74) is 0.595. The molecule has 21 heavy (non-hydrogen) atoms. The van der Waals surface area contributed by atoms with Crippen molar-refractivity contribution in [2.24, 2.45) is 7.05 Å². The Kier molecular flexibility index (Phi) is 5.35. The summed E-state index contributed by atoms with van der Waals surface area (Å²) in [6.45, 7) is 2.01. The van der Waals surface area contributed by atoms with E-state index in [1.807, 2.05) is 26.1 Å². The molecule has 112 valence electrons. The molecular formula is C14H18N4O2S. The highest BCUT2D eigenvalue weighted by atomic mass is 32.2. The summed E-state index contributed by atoms with van der Waals surface area (Å²) in [7, 11) is 1.84. The highest BCUT2D eigenvalue weighted by Crippen LogP contribution is 2.18. The summed E-state index contributed by atoms with van der Waals surface area (Å²) in [5.74, 6) is 1.21. The Morgan fingerprint density at radius 3 is 2.71 bits per heavy atom. The molecule has 2 N–H and O–H groups in total. The topological polar surface area (TPSA) is 80.0 Å². The molecule has 1 atom stereocenters. The van der Waals surface area contributed by atoms with Gasteiger partial charge in [-0.2, -0.15) is 0 Å². The van der Waals surface area contributed by atoms with Gasteiger partial charge >= 0.3 is 0 Å². The standard InChI is InChI=1S/C14H18N4O2S/c1-10(13-17-15-9-18(13)2)16-14(20)11-3-5-12(6-4-11)21-8-7-19/h3-6,9-10,19H,7-8H2,1-2H3,(H,16,20)/t10-/m1/s1. The van der Waals surface area contributed by atoms with Gasteiger partial charge in [-0.15, -0.1) is 22.0 Å². The molecule has 0 saturated carbocycles. The van der Waals surface area contributed by atoms with Crippen LogP contribution in [-0.2, 0) is 7.05 Å². The number of aliphatic hydroxyl groups is 1. The lowest BCUT2D eigenvalue weighted by Crippen LogP contribution is -2.28. The molecule has 2 rings (SSSR count). The van der Waals surface area contributed by atoms with Gasteiger partial charge in [0.15, 0.2) is 5.82 Å². The second-order valence-electron chi connectivity index (χ2n) is 4.59. The second-order valence-corrected chi connectivity index (χ2v) is 5.76. The Morgan fingerprint density at radius 1 is 1.43 bits per heavy atom. The van der Waals surface area contributed by atoms with E-state index in [2.05, 4.69) is 15.5 Å². The first kappa shape index (κ1) is 15.5. The minimum absolute atomic E-state index is 0.141. The van der Waals surface area contributed by atoms with Gasteiger partial charge in [-0.05, 0) is 31.2 Å². The van der Waals surface area contributed by atoms with E-state index >= 15 is 0 Å². The Bertz CT molecular complexity index is 597. The zero-order valence-corrected chi connectivity index (χ0v) is 12.8. The molecule has 0 aliphatic carbocycles. The predicted molar refractivity (Wildman–Crippen MR) is 81.1 cm³/mol. The summed E-state index contributed by atoms with van der Waals surface area (Å²) >= 11 is 1.55. The Labute approximate surface area is 127 Å². The Hall–Kier alpha value is -1.86. The molecule has 7 heteroatoms. The van der Waals surface area contributed by atoms with Gasteiger partial charge in [0, 0.05) is 23.3 Å². The number of nitrogens with one attached hydrogen (secondary N) is 1. The van der Waals surface area contributed by atoms with E-state index < -0.39 is 0 Å². The molecule has 1 amide bonds. The molecule has 0 fully saturated rings. The van der Waals surface area contributed by atoms with Crippen LogP contribution in [-0.4, -0.2) is 38.1 Å². The van der Waals surface area contributed by atoms with Crippen LogP contribution in [0.1, 0.15) is 29.1 Å². The highest BCUT2D eigenvalue weighted by Gasteiger charge is 2.15. The first-order valence-electron chi connectivity index (χ1n) is 6.60. The van der Waals surface area contributed by atoms with Crippen molar-refractivity contribution in [2.45, 2.75) is 17.9 Å². The lowest BCUT2D eigenvalue weighted by atomic mass is 10.2. The number of benzene rings is 1. The smallest absolute Gasteiger partial charge is 0.251 e. The van der Waals surface area contributed by atoms with E-state index in [0.717, 1.165) is 4.90 Å². The van der Waals surface area contributed by atoms with Crippen LogP contribution >= 0.6 is 11.8 Å². The fourth-order valence-corrected chi connectivity index (χ4v) is 2.55. The van der Waals surface area contributed by atoms with Gasteiger partial charge in [-0.1, -0.05) is 0 Å². The number of aryl methyl sites for hydroxylation is 1. The lowest BCUT2D eigenvalue weighted by molar-refractivity contribution is 0.0937. The van der Waals surface area contributed by atoms with Crippen LogP contribution in [0.2, 0.25) is 0 Å². The van der Waals surface area contributed by atoms with Gasteiger partial charge < -0.3 is 15.0 Å². The van der Waals surface area contributed by atoms with Gasteiger partial charge in [0.2, 0.25) is 0 Å². The number of aromatic nitrogens is 3. The van der Waals surface area contributed by atoms with Crippen LogP contribution in [0.15, 0.2) is 35.5 Å². The summed E-state index contributed by atoms with van der Waals surface area (Å²) in [5, 5.41) is 19.5. The minimum atomic E-state index is -0.214. The fraction of sp³-hybridized carbons (Fsp3) is 0.357. The Morgan fingerprint density at radius 2 is 2.14 bits per heavy atom. The summed E-state index contributed by atoms with van der Waals surface area (Å²) in [4.78, 5) is 13.2. The number of aliphatic hydroxyl groups excluding tert-OH is 1. The maximum Gasteiger partial charge on any atom is 0.251 e. The average molecular weight is 306 g/mol. The molecule has 6 nitrogen and oxygen atoms in total. The Balaban J connectivity index is 1.98. The van der Waals surface area contributed by atoms with Crippen LogP contribution in [0.5, 0.6) is 0 Å². The minimum Gasteiger partial charge on any atom is -0.396 e. The largest absolute Gasteiger partial charge is 0.396 e. The fourth-order valence-electron chi connectivity index (χ4n) is 1.89. The first-order chi connectivity index (χ1) is 10.1. The van der Waals surface area contributed by atoms with E-state index in [0.29, 0.717) is 17.1 Å². The molecule has 0 aliphatic heterocycles. The number of amides is 1. The SMILES string of the molecule is C[C@@H](NC(=O)c1ccc(SCCO)cc1)c1nncn1C. The average Bonchev–Trinajstić information content (AvgIpc) is 2.91. The number of hydrogen-bond donors (Lipinski definition) is 2. The van der Waals surface area contributed by atoms with E-state index in [9.17, 15) is 4.79 Å². The van der Waals surface area contributed by atoms with Crippen LogP contribution in [0, 0.1) is 0 Å². The highest BCUT2D eigenvalue weighted by molar-refractivity contribution is 7.99. The summed E-state index contributed by atoms with van der Waals surface area (Å²) in [6, 6.07) is 7.09. The van der Waals surface area contributed by atoms with Gasteiger partial charge in [0.25, 0.3) is 5.91 Å². The number of carbonyl (C=O) groups excluding carboxylic acids is 1. The van der Waals surface area contributed by atoms with Gasteiger partial charge in [0.1, 0.15) is 6.33 Å². The summed E-state index contributed by atoms with van der Waals surface area (Å²) < 4.78 is 1.78. The summed E-state index contributed by atoms with van der Waals surface area (Å²) in [6.07, 6.45) is 1.60. The van der Waals surface area contributed by atoms with Crippen molar-refractivity contribution in [3.8, 4) is 0 Å². The third-order valence-corrected chi connectivity index (χ3v) is 3.95. The zero-order chi connectivity index (χ0) is 15.2. The van der Waals surface area contributed by atoms with Gasteiger partial charge in [-0.25, -0.2) is 0 Å². The maximum atomic E-state index is 12.2. The van der Waals surface area contributed by atoms with Crippen molar-refractivity contribution < 1.29 is 9.90 Å². The predicted octanol–water partition coefficient (Wildman–Crippen LogP) is 1.39. The molecule has 1 heterocycles. The van der Waals surface area contributed by atoms with Crippen LogP contribution < -0.4 is 5.32 Å². The van der Waals surface area contributed by atoms with Crippen LogP contribution in [0.4, 0.5) is 0 Å². The molecule has 1 aromatic heterocycles. The van der Waals surface area contributed by atoms with Crippen molar-refractivity contribution >= 4 is 17.7 Å². The third kappa shape index (κ3) is 4.05. The van der Waals surface area contributed by atoms with Crippen molar-refractivity contribution in [3.63, 3.8) is 0 Å². The molecule has 0 spiro atoms. The second kappa shape index (κ2) is 7.24. The zero-order valence-electron chi connectivity index (χ0n) is 12.0. The van der Waals surface area contributed by atoms with E-state index in [-0.39, 0.29) is 18.6 Å². The van der Waals surface area contributed by atoms with Crippen molar-refractivity contribution in [3.05, 3.63) is 42.0 Å². The van der Waals surface area contributed by atoms with E-state index in [1.165, 1.54) is 0 Å². The number of rotatable bonds is 6. The van der Waals surface area contributed by atoms with Crippen molar-refractivity contribution in [1.29, 1.82) is 0 Å². The molecule has 0 aliphatic rings. The first-order valence-corrected chi connectivity index (χ1v) is 7.59. The monoisotopic (exact) mass is 306 g/mol.